The minimum atomic E-state index is -0.138. The van der Waals surface area contributed by atoms with Crippen molar-refractivity contribution < 1.29 is 4.79 Å². The molecule has 0 atom stereocenters. The highest BCUT2D eigenvalue weighted by Gasteiger charge is 2.13. The van der Waals surface area contributed by atoms with Crippen LogP contribution in [0.1, 0.15) is 6.92 Å². The number of hydrogen-bond donors (Lipinski definition) is 1. The highest BCUT2D eigenvalue weighted by molar-refractivity contribution is 6.39. The predicted molar refractivity (Wildman–Crippen MR) is 71.9 cm³/mol. The molecule has 92 valence electrons. The van der Waals surface area contributed by atoms with Crippen molar-refractivity contribution in [1.29, 1.82) is 0 Å². The van der Waals surface area contributed by atoms with E-state index in [-0.39, 0.29) is 5.91 Å². The monoisotopic (exact) mass is 273 g/mol. The number of amides is 1. The number of aliphatic imine (C=N–C) groups is 1. The van der Waals surface area contributed by atoms with Crippen LogP contribution in [0.15, 0.2) is 23.2 Å². The Balaban J connectivity index is 3.01. The Morgan fingerprint density at radius 1 is 1.35 bits per heavy atom. The summed E-state index contributed by atoms with van der Waals surface area (Å²) in [6.07, 6.45) is 0. The molecule has 6 heteroatoms. The van der Waals surface area contributed by atoms with Crippen LogP contribution in [0.25, 0.3) is 0 Å². The molecule has 0 saturated carbocycles. The van der Waals surface area contributed by atoms with Gasteiger partial charge in [0.1, 0.15) is 0 Å². The van der Waals surface area contributed by atoms with E-state index in [4.69, 9.17) is 23.2 Å². The van der Waals surface area contributed by atoms with Gasteiger partial charge in [-0.3, -0.25) is 14.7 Å². The number of carbonyl (C=O) groups excluding carboxylic acids is 1. The van der Waals surface area contributed by atoms with Crippen molar-refractivity contribution >= 4 is 40.8 Å². The molecule has 1 N–H and O–H groups in total. The third kappa shape index (κ3) is 3.35. The zero-order valence-electron chi connectivity index (χ0n) is 9.79. The summed E-state index contributed by atoms with van der Waals surface area (Å²) >= 11 is 12.0. The normalized spacial score (nSPS) is 11.2. The number of nitrogens with zero attached hydrogens (tertiary/aromatic N) is 2. The van der Waals surface area contributed by atoms with Crippen LogP contribution in [0, 0.1) is 0 Å². The summed E-state index contributed by atoms with van der Waals surface area (Å²) < 4.78 is 0. The van der Waals surface area contributed by atoms with Crippen molar-refractivity contribution in [3.63, 3.8) is 0 Å². The highest BCUT2D eigenvalue weighted by atomic mass is 35.5. The van der Waals surface area contributed by atoms with E-state index in [0.29, 0.717) is 21.7 Å². The first kappa shape index (κ1) is 13.8. The summed E-state index contributed by atoms with van der Waals surface area (Å²) in [6, 6.07) is 5.15. The van der Waals surface area contributed by atoms with Crippen LogP contribution in [-0.4, -0.2) is 30.9 Å². The lowest BCUT2D eigenvalue weighted by Crippen LogP contribution is -2.36. The van der Waals surface area contributed by atoms with Gasteiger partial charge >= 0.3 is 0 Å². The summed E-state index contributed by atoms with van der Waals surface area (Å²) in [7, 11) is 3.19. The van der Waals surface area contributed by atoms with Crippen molar-refractivity contribution in [2.24, 2.45) is 4.99 Å². The van der Waals surface area contributed by atoms with E-state index >= 15 is 0 Å². The van der Waals surface area contributed by atoms with Crippen molar-refractivity contribution in [2.45, 2.75) is 6.92 Å². The zero-order valence-corrected chi connectivity index (χ0v) is 11.3. The number of nitrogens with one attached hydrogen (secondary N) is 1. The van der Waals surface area contributed by atoms with Crippen LogP contribution in [0.4, 0.5) is 5.69 Å². The molecule has 1 rings (SSSR count). The standard InChI is InChI=1S/C11H13Cl2N3O/c1-7(17)16(3)11(14-2)15-10-8(12)5-4-6-9(10)13/h4-6H,1-3H3,(H,14,15). The van der Waals surface area contributed by atoms with Crippen molar-refractivity contribution in [1.82, 2.24) is 4.90 Å². The average Bonchev–Trinajstić information content (AvgIpc) is 2.28. The molecule has 4 nitrogen and oxygen atoms in total. The van der Waals surface area contributed by atoms with Gasteiger partial charge in [-0.1, -0.05) is 29.3 Å². The van der Waals surface area contributed by atoms with Crippen LogP contribution in [-0.2, 0) is 4.79 Å². The summed E-state index contributed by atoms with van der Waals surface area (Å²) in [4.78, 5) is 16.6. The number of halogens is 2. The lowest BCUT2D eigenvalue weighted by Gasteiger charge is -2.19. The Labute approximate surface area is 110 Å². The van der Waals surface area contributed by atoms with Gasteiger partial charge in [-0.2, -0.15) is 0 Å². The molecule has 0 unspecified atom stereocenters. The number of anilines is 1. The Hall–Kier alpha value is -1.26. The van der Waals surface area contributed by atoms with Crippen LogP contribution in [0.5, 0.6) is 0 Å². The number of benzene rings is 1. The van der Waals surface area contributed by atoms with Gasteiger partial charge in [0.15, 0.2) is 0 Å². The number of guanidine groups is 1. The molecule has 0 spiro atoms. The van der Waals surface area contributed by atoms with Gasteiger partial charge in [-0.05, 0) is 12.1 Å². The maximum atomic E-state index is 11.2. The topological polar surface area (TPSA) is 44.7 Å². The molecule has 0 bridgehead atoms. The quantitative estimate of drug-likeness (QED) is 0.632. The Morgan fingerprint density at radius 2 is 1.88 bits per heavy atom. The summed E-state index contributed by atoms with van der Waals surface area (Å²) in [5, 5.41) is 3.87. The molecule has 0 heterocycles. The second kappa shape index (κ2) is 5.89. The van der Waals surface area contributed by atoms with E-state index in [1.807, 2.05) is 0 Å². The lowest BCUT2D eigenvalue weighted by molar-refractivity contribution is -0.124. The Bertz CT molecular complexity index is 440. The Kier molecular flexibility index (Phi) is 4.78. The lowest BCUT2D eigenvalue weighted by atomic mass is 10.3. The molecule has 0 aliphatic rings. The number of carbonyl (C=O) groups is 1. The van der Waals surface area contributed by atoms with Gasteiger partial charge in [0.05, 0.1) is 15.7 Å². The molecule has 0 fully saturated rings. The largest absolute Gasteiger partial charge is 0.323 e. The molecule has 1 amide bonds. The molecule has 0 aromatic heterocycles. The molecular formula is C11H13Cl2N3O. The number of hydrogen-bond acceptors (Lipinski definition) is 2. The second-order valence-electron chi connectivity index (χ2n) is 3.35. The SMILES string of the molecule is CN=C(Nc1c(Cl)cccc1Cl)N(C)C(C)=O. The predicted octanol–water partition coefficient (Wildman–Crippen LogP) is 2.87. The third-order valence-corrected chi connectivity index (χ3v) is 2.83. The Morgan fingerprint density at radius 3 is 2.29 bits per heavy atom. The fourth-order valence-corrected chi connectivity index (χ4v) is 1.66. The molecule has 0 radical (unpaired) electrons. The molecule has 1 aromatic rings. The van der Waals surface area contributed by atoms with E-state index in [2.05, 4.69) is 10.3 Å². The van der Waals surface area contributed by atoms with E-state index in [9.17, 15) is 4.79 Å². The van der Waals surface area contributed by atoms with Gasteiger partial charge in [-0.15, -0.1) is 0 Å². The maximum Gasteiger partial charge on any atom is 0.225 e. The fraction of sp³-hybridized carbons (Fsp3) is 0.273. The second-order valence-corrected chi connectivity index (χ2v) is 4.16. The highest BCUT2D eigenvalue weighted by Crippen LogP contribution is 2.29. The molecule has 17 heavy (non-hydrogen) atoms. The molecule has 0 saturated heterocycles. The fourth-order valence-electron chi connectivity index (χ4n) is 1.17. The van der Waals surface area contributed by atoms with Crippen LogP contribution in [0.3, 0.4) is 0 Å². The van der Waals surface area contributed by atoms with E-state index in [0.717, 1.165) is 0 Å². The molecule has 1 aromatic carbocycles. The third-order valence-electron chi connectivity index (χ3n) is 2.20. The van der Waals surface area contributed by atoms with Crippen molar-refractivity contribution in [3.8, 4) is 0 Å². The first-order valence-corrected chi connectivity index (χ1v) is 5.65. The van der Waals surface area contributed by atoms with Crippen LogP contribution < -0.4 is 5.32 Å². The zero-order chi connectivity index (χ0) is 13.0. The van der Waals surface area contributed by atoms with Gasteiger partial charge < -0.3 is 5.32 Å². The number of para-hydroxylation sites is 1. The molecule has 0 aliphatic heterocycles. The van der Waals surface area contributed by atoms with E-state index in [1.165, 1.54) is 11.8 Å². The van der Waals surface area contributed by atoms with Crippen molar-refractivity contribution in [2.75, 3.05) is 19.4 Å². The smallest absolute Gasteiger partial charge is 0.225 e. The minimum absolute atomic E-state index is 0.138. The van der Waals surface area contributed by atoms with Gasteiger partial charge in [0.2, 0.25) is 11.9 Å². The van der Waals surface area contributed by atoms with E-state index in [1.54, 1.807) is 32.3 Å². The maximum absolute atomic E-state index is 11.2. The average molecular weight is 274 g/mol. The first-order chi connectivity index (χ1) is 7.97. The van der Waals surface area contributed by atoms with Crippen molar-refractivity contribution in [3.05, 3.63) is 28.2 Å². The van der Waals surface area contributed by atoms with Crippen LogP contribution in [0.2, 0.25) is 10.0 Å². The van der Waals surface area contributed by atoms with E-state index < -0.39 is 0 Å². The summed E-state index contributed by atoms with van der Waals surface area (Å²) in [6.45, 7) is 1.45. The minimum Gasteiger partial charge on any atom is -0.323 e. The summed E-state index contributed by atoms with van der Waals surface area (Å²) in [5.74, 6) is 0.244. The number of rotatable bonds is 1. The van der Waals surface area contributed by atoms with Gasteiger partial charge in [0.25, 0.3) is 0 Å². The molecule has 0 aliphatic carbocycles. The molecular weight excluding hydrogens is 261 g/mol. The van der Waals surface area contributed by atoms with Gasteiger partial charge in [-0.25, -0.2) is 0 Å². The first-order valence-electron chi connectivity index (χ1n) is 4.89. The van der Waals surface area contributed by atoms with Crippen LogP contribution >= 0.6 is 23.2 Å². The summed E-state index contributed by atoms with van der Waals surface area (Å²) in [5.41, 5.74) is 0.532. The van der Waals surface area contributed by atoms with Gasteiger partial charge in [0, 0.05) is 21.0 Å².